The number of rotatable bonds is 9. The first-order valence-corrected chi connectivity index (χ1v) is 12.7. The Kier molecular flexibility index (Phi) is 8.16. The zero-order valence-corrected chi connectivity index (χ0v) is 21.0. The molecule has 1 aromatic carbocycles. The Balaban J connectivity index is 1.46. The molecule has 2 aromatic rings. The molecule has 184 valence electrons. The fourth-order valence-corrected chi connectivity index (χ4v) is 5.70. The fourth-order valence-electron chi connectivity index (χ4n) is 5.70. The van der Waals surface area contributed by atoms with E-state index < -0.39 is 0 Å². The van der Waals surface area contributed by atoms with Crippen molar-refractivity contribution >= 4 is 11.9 Å². The molecule has 0 bridgehead atoms. The SMILES string of the molecule is CCCN1C[C@@H](CC(=O)N(CCN(C)C)Cc2ccccc2)C[C@@H]2Cc3nc(N)ncc3C[C@H]21. The summed E-state index contributed by atoms with van der Waals surface area (Å²) in [5, 5.41) is 0. The maximum absolute atomic E-state index is 13.5. The molecule has 1 aliphatic heterocycles. The van der Waals surface area contributed by atoms with Crippen molar-refractivity contribution in [2.24, 2.45) is 11.8 Å². The molecular formula is C27H40N6O. The first-order chi connectivity index (χ1) is 16.4. The van der Waals surface area contributed by atoms with Gasteiger partial charge >= 0.3 is 0 Å². The highest BCUT2D eigenvalue weighted by molar-refractivity contribution is 5.76. The number of benzene rings is 1. The lowest BCUT2D eigenvalue weighted by atomic mass is 9.73. The molecule has 1 amide bonds. The quantitative estimate of drug-likeness (QED) is 0.615. The van der Waals surface area contributed by atoms with Gasteiger partial charge in [0.25, 0.3) is 0 Å². The number of carbonyl (C=O) groups is 1. The summed E-state index contributed by atoms with van der Waals surface area (Å²) in [6, 6.07) is 10.8. The van der Waals surface area contributed by atoms with Gasteiger partial charge in [-0.2, -0.15) is 0 Å². The third kappa shape index (κ3) is 6.13. The molecule has 2 aliphatic rings. The van der Waals surface area contributed by atoms with Gasteiger partial charge in [0.1, 0.15) is 0 Å². The number of nitrogens with zero attached hydrogens (tertiary/aromatic N) is 5. The van der Waals surface area contributed by atoms with Gasteiger partial charge in [-0.05, 0) is 69.3 Å². The number of likely N-dealkylation sites (tertiary alicyclic amines) is 1. The molecule has 34 heavy (non-hydrogen) atoms. The lowest BCUT2D eigenvalue weighted by Gasteiger charge is -2.47. The summed E-state index contributed by atoms with van der Waals surface area (Å²) in [6.45, 7) is 6.61. The van der Waals surface area contributed by atoms with Crippen molar-refractivity contribution in [2.75, 3.05) is 46.0 Å². The zero-order valence-electron chi connectivity index (χ0n) is 21.0. The molecule has 0 spiro atoms. The Morgan fingerprint density at radius 3 is 2.71 bits per heavy atom. The van der Waals surface area contributed by atoms with E-state index in [0.29, 0.717) is 36.8 Å². The third-order valence-corrected chi connectivity index (χ3v) is 7.36. The lowest BCUT2D eigenvalue weighted by Crippen LogP contribution is -2.53. The number of fused-ring (bicyclic) bond motifs is 2. The predicted molar refractivity (Wildman–Crippen MR) is 136 cm³/mol. The van der Waals surface area contributed by atoms with Gasteiger partial charge in [-0.15, -0.1) is 0 Å². The molecular weight excluding hydrogens is 424 g/mol. The van der Waals surface area contributed by atoms with Crippen LogP contribution >= 0.6 is 0 Å². The zero-order chi connectivity index (χ0) is 24.1. The highest BCUT2D eigenvalue weighted by atomic mass is 16.2. The standard InChI is InChI=1S/C27H40N6O/c1-4-10-32-19-21(13-22-15-24-23(16-25(22)32)17-29-27(28)30-24)14-26(34)33(12-11-31(2)3)18-20-8-6-5-7-9-20/h5-9,17,21-22,25H,4,10-16,18-19H2,1-3H3,(H2,28,29,30)/t21-,22-,25-/m1/s1. The average Bonchev–Trinajstić information content (AvgIpc) is 2.81. The maximum atomic E-state index is 13.5. The second kappa shape index (κ2) is 11.3. The van der Waals surface area contributed by atoms with Crippen molar-refractivity contribution < 1.29 is 4.79 Å². The first-order valence-electron chi connectivity index (χ1n) is 12.7. The van der Waals surface area contributed by atoms with Gasteiger partial charge < -0.3 is 15.5 Å². The van der Waals surface area contributed by atoms with Crippen molar-refractivity contribution in [3.8, 4) is 0 Å². The summed E-state index contributed by atoms with van der Waals surface area (Å²) in [7, 11) is 4.12. The lowest BCUT2D eigenvalue weighted by molar-refractivity contribution is -0.134. The molecule has 2 N–H and O–H groups in total. The van der Waals surface area contributed by atoms with E-state index in [-0.39, 0.29) is 5.91 Å². The maximum Gasteiger partial charge on any atom is 0.223 e. The van der Waals surface area contributed by atoms with E-state index in [4.69, 9.17) is 5.73 Å². The predicted octanol–water partition coefficient (Wildman–Crippen LogP) is 2.85. The van der Waals surface area contributed by atoms with Gasteiger partial charge in [-0.3, -0.25) is 9.69 Å². The van der Waals surface area contributed by atoms with Crippen LogP contribution in [0.1, 0.15) is 43.0 Å². The number of piperidine rings is 1. The van der Waals surface area contributed by atoms with Crippen LogP contribution < -0.4 is 5.73 Å². The van der Waals surface area contributed by atoms with Crippen LogP contribution in [0.15, 0.2) is 36.5 Å². The molecule has 0 unspecified atom stereocenters. The smallest absolute Gasteiger partial charge is 0.223 e. The van der Waals surface area contributed by atoms with Crippen LogP contribution in [0.2, 0.25) is 0 Å². The van der Waals surface area contributed by atoms with Crippen LogP contribution in [0.4, 0.5) is 5.95 Å². The highest BCUT2D eigenvalue weighted by Gasteiger charge is 2.40. The molecule has 1 fully saturated rings. The summed E-state index contributed by atoms with van der Waals surface area (Å²) >= 11 is 0. The number of anilines is 1. The Labute approximate surface area is 204 Å². The second-order valence-electron chi connectivity index (χ2n) is 10.3. The Bertz CT molecular complexity index is 949. The van der Waals surface area contributed by atoms with Crippen molar-refractivity contribution in [3.05, 3.63) is 53.3 Å². The Morgan fingerprint density at radius 1 is 1.18 bits per heavy atom. The minimum absolute atomic E-state index is 0.272. The molecule has 1 aromatic heterocycles. The fraction of sp³-hybridized carbons (Fsp3) is 0.593. The van der Waals surface area contributed by atoms with E-state index >= 15 is 0 Å². The van der Waals surface area contributed by atoms with Crippen LogP contribution in [0, 0.1) is 11.8 Å². The molecule has 3 atom stereocenters. The first kappa shape index (κ1) is 24.6. The second-order valence-corrected chi connectivity index (χ2v) is 10.3. The Hall–Kier alpha value is -2.51. The summed E-state index contributed by atoms with van der Waals surface area (Å²) in [5.74, 6) is 1.53. The third-order valence-electron chi connectivity index (χ3n) is 7.36. The van der Waals surface area contributed by atoms with E-state index in [9.17, 15) is 4.79 Å². The van der Waals surface area contributed by atoms with Crippen LogP contribution in [0.25, 0.3) is 0 Å². The van der Waals surface area contributed by atoms with Crippen LogP contribution in [-0.4, -0.2) is 76.9 Å². The van der Waals surface area contributed by atoms with Gasteiger partial charge in [0.15, 0.2) is 0 Å². The average molecular weight is 465 g/mol. The topological polar surface area (TPSA) is 78.6 Å². The molecule has 4 rings (SSSR count). The van der Waals surface area contributed by atoms with Crippen molar-refractivity contribution in [1.82, 2.24) is 24.7 Å². The van der Waals surface area contributed by atoms with Crippen molar-refractivity contribution in [1.29, 1.82) is 0 Å². The number of hydrogen-bond acceptors (Lipinski definition) is 6. The van der Waals surface area contributed by atoms with Gasteiger partial charge in [0, 0.05) is 50.5 Å². The molecule has 0 radical (unpaired) electrons. The molecule has 7 heteroatoms. The number of amides is 1. The van der Waals surface area contributed by atoms with E-state index in [1.807, 2.05) is 24.4 Å². The van der Waals surface area contributed by atoms with Gasteiger partial charge in [-0.1, -0.05) is 37.3 Å². The van der Waals surface area contributed by atoms with Gasteiger partial charge in [-0.25, -0.2) is 9.97 Å². The van der Waals surface area contributed by atoms with E-state index in [1.165, 1.54) is 11.1 Å². The number of likely N-dealkylation sites (N-methyl/N-ethyl adjacent to an activating group) is 1. The molecule has 1 saturated heterocycles. The van der Waals surface area contributed by atoms with E-state index in [2.05, 4.69) is 57.8 Å². The van der Waals surface area contributed by atoms with Crippen LogP contribution in [0.3, 0.4) is 0 Å². The number of carbonyl (C=O) groups excluding carboxylic acids is 1. The van der Waals surface area contributed by atoms with Gasteiger partial charge in [0.05, 0.1) is 0 Å². The van der Waals surface area contributed by atoms with Crippen molar-refractivity contribution in [2.45, 2.75) is 51.6 Å². The van der Waals surface area contributed by atoms with E-state index in [0.717, 1.165) is 57.6 Å². The molecule has 7 nitrogen and oxygen atoms in total. The molecule has 1 aliphatic carbocycles. The van der Waals surface area contributed by atoms with Gasteiger partial charge in [0.2, 0.25) is 11.9 Å². The van der Waals surface area contributed by atoms with E-state index in [1.54, 1.807) is 0 Å². The normalized spacial score (nSPS) is 22.3. The molecule has 2 heterocycles. The summed E-state index contributed by atoms with van der Waals surface area (Å²) in [4.78, 5) is 29.2. The number of nitrogen functional groups attached to an aromatic ring is 1. The monoisotopic (exact) mass is 464 g/mol. The minimum atomic E-state index is 0.272. The van der Waals surface area contributed by atoms with Crippen molar-refractivity contribution in [3.63, 3.8) is 0 Å². The summed E-state index contributed by atoms with van der Waals surface area (Å²) in [5.41, 5.74) is 9.41. The number of hydrogen-bond donors (Lipinski definition) is 1. The largest absolute Gasteiger partial charge is 0.368 e. The summed E-state index contributed by atoms with van der Waals surface area (Å²) < 4.78 is 0. The number of aromatic nitrogens is 2. The van der Waals surface area contributed by atoms with Crippen LogP contribution in [0.5, 0.6) is 0 Å². The number of nitrogens with two attached hydrogens (primary N) is 1. The highest BCUT2D eigenvalue weighted by Crippen LogP contribution is 2.37. The summed E-state index contributed by atoms with van der Waals surface area (Å²) in [6.07, 6.45) is 6.66. The molecule has 0 saturated carbocycles. The Morgan fingerprint density at radius 2 is 1.97 bits per heavy atom. The van der Waals surface area contributed by atoms with Crippen LogP contribution in [-0.2, 0) is 24.2 Å². The minimum Gasteiger partial charge on any atom is -0.368 e.